The molecule has 2 atom stereocenters. The van der Waals surface area contributed by atoms with Crippen molar-refractivity contribution >= 4 is 0 Å². The third-order valence-electron chi connectivity index (χ3n) is 3.37. The van der Waals surface area contributed by atoms with Crippen LogP contribution in [-0.2, 0) is 6.42 Å². The first-order valence-electron chi connectivity index (χ1n) is 6.81. The SMILES string of the molecule is CC(Cc1ccccc1F)N[C@H](C)c1cccc(F)c1. The third kappa shape index (κ3) is 3.87. The van der Waals surface area contributed by atoms with Gasteiger partial charge < -0.3 is 5.32 Å². The summed E-state index contributed by atoms with van der Waals surface area (Å²) >= 11 is 0. The van der Waals surface area contributed by atoms with E-state index in [4.69, 9.17) is 0 Å². The van der Waals surface area contributed by atoms with Gasteiger partial charge in [-0.15, -0.1) is 0 Å². The van der Waals surface area contributed by atoms with Crippen LogP contribution in [-0.4, -0.2) is 6.04 Å². The summed E-state index contributed by atoms with van der Waals surface area (Å²) < 4.78 is 26.8. The molecular formula is C17H19F2N. The zero-order valence-electron chi connectivity index (χ0n) is 11.7. The fraction of sp³-hybridized carbons (Fsp3) is 0.294. The average molecular weight is 275 g/mol. The smallest absolute Gasteiger partial charge is 0.126 e. The van der Waals surface area contributed by atoms with Crippen molar-refractivity contribution in [2.75, 3.05) is 0 Å². The van der Waals surface area contributed by atoms with E-state index in [1.807, 2.05) is 26.0 Å². The van der Waals surface area contributed by atoms with Crippen LogP contribution in [0.25, 0.3) is 0 Å². The minimum Gasteiger partial charge on any atom is -0.307 e. The molecule has 0 saturated heterocycles. The molecule has 2 rings (SSSR count). The van der Waals surface area contributed by atoms with E-state index in [0.29, 0.717) is 12.0 Å². The largest absolute Gasteiger partial charge is 0.307 e. The highest BCUT2D eigenvalue weighted by Gasteiger charge is 2.12. The summed E-state index contributed by atoms with van der Waals surface area (Å²) in [5, 5.41) is 3.37. The summed E-state index contributed by atoms with van der Waals surface area (Å²) in [6.07, 6.45) is 0.604. The molecule has 0 saturated carbocycles. The van der Waals surface area contributed by atoms with E-state index < -0.39 is 0 Å². The molecule has 0 fully saturated rings. The Bertz CT molecular complexity index is 568. The van der Waals surface area contributed by atoms with E-state index in [2.05, 4.69) is 5.32 Å². The van der Waals surface area contributed by atoms with Gasteiger partial charge in [-0.1, -0.05) is 30.3 Å². The van der Waals surface area contributed by atoms with Crippen molar-refractivity contribution in [3.63, 3.8) is 0 Å². The Kier molecular flexibility index (Phi) is 4.85. The highest BCUT2D eigenvalue weighted by molar-refractivity contribution is 5.21. The quantitative estimate of drug-likeness (QED) is 0.860. The lowest BCUT2D eigenvalue weighted by atomic mass is 10.0. The van der Waals surface area contributed by atoms with Crippen molar-refractivity contribution in [2.45, 2.75) is 32.4 Å². The molecule has 106 valence electrons. The van der Waals surface area contributed by atoms with Crippen molar-refractivity contribution in [1.82, 2.24) is 5.32 Å². The number of rotatable bonds is 5. The molecule has 3 heteroatoms. The summed E-state index contributed by atoms with van der Waals surface area (Å²) in [7, 11) is 0. The Labute approximate surface area is 118 Å². The zero-order chi connectivity index (χ0) is 14.5. The van der Waals surface area contributed by atoms with Crippen molar-refractivity contribution in [3.8, 4) is 0 Å². The molecule has 0 aromatic heterocycles. The fourth-order valence-corrected chi connectivity index (χ4v) is 2.35. The van der Waals surface area contributed by atoms with Crippen LogP contribution in [0.5, 0.6) is 0 Å². The monoisotopic (exact) mass is 275 g/mol. The van der Waals surface area contributed by atoms with Crippen LogP contribution in [0.1, 0.15) is 31.0 Å². The molecule has 0 heterocycles. The van der Waals surface area contributed by atoms with Crippen LogP contribution in [0.2, 0.25) is 0 Å². The lowest BCUT2D eigenvalue weighted by molar-refractivity contribution is 0.467. The van der Waals surface area contributed by atoms with E-state index in [1.54, 1.807) is 18.2 Å². The van der Waals surface area contributed by atoms with E-state index in [1.165, 1.54) is 18.2 Å². The molecule has 20 heavy (non-hydrogen) atoms. The second-order valence-corrected chi connectivity index (χ2v) is 5.14. The van der Waals surface area contributed by atoms with Gasteiger partial charge in [-0.25, -0.2) is 8.78 Å². The van der Waals surface area contributed by atoms with Crippen LogP contribution in [0.3, 0.4) is 0 Å². The van der Waals surface area contributed by atoms with Gasteiger partial charge in [0.25, 0.3) is 0 Å². The molecule has 2 aromatic carbocycles. The minimum atomic E-state index is -0.238. The van der Waals surface area contributed by atoms with Gasteiger partial charge in [-0.05, 0) is 49.6 Å². The van der Waals surface area contributed by atoms with Crippen LogP contribution in [0.15, 0.2) is 48.5 Å². The predicted octanol–water partition coefficient (Wildman–Crippen LogP) is 4.25. The van der Waals surface area contributed by atoms with Gasteiger partial charge in [0.2, 0.25) is 0 Å². The third-order valence-corrected chi connectivity index (χ3v) is 3.37. The van der Waals surface area contributed by atoms with E-state index in [-0.39, 0.29) is 23.7 Å². The van der Waals surface area contributed by atoms with Crippen molar-refractivity contribution in [1.29, 1.82) is 0 Å². The Hall–Kier alpha value is -1.74. The van der Waals surface area contributed by atoms with Crippen molar-refractivity contribution in [2.24, 2.45) is 0 Å². The summed E-state index contributed by atoms with van der Waals surface area (Å²) in [6.45, 7) is 3.98. The summed E-state index contributed by atoms with van der Waals surface area (Å²) in [5.41, 5.74) is 1.59. The summed E-state index contributed by atoms with van der Waals surface area (Å²) in [6, 6.07) is 13.4. The topological polar surface area (TPSA) is 12.0 Å². The molecule has 0 aliphatic rings. The molecule has 1 nitrogen and oxygen atoms in total. The molecular weight excluding hydrogens is 256 g/mol. The lowest BCUT2D eigenvalue weighted by Gasteiger charge is -2.20. The maximum absolute atomic E-state index is 13.6. The number of benzene rings is 2. The average Bonchev–Trinajstić information content (AvgIpc) is 2.41. The van der Waals surface area contributed by atoms with Gasteiger partial charge in [-0.3, -0.25) is 0 Å². The Morgan fingerprint density at radius 1 is 1.00 bits per heavy atom. The summed E-state index contributed by atoms with van der Waals surface area (Å²) in [4.78, 5) is 0. The van der Waals surface area contributed by atoms with Gasteiger partial charge in [0.15, 0.2) is 0 Å². The highest BCUT2D eigenvalue weighted by atomic mass is 19.1. The van der Waals surface area contributed by atoms with Crippen LogP contribution in [0, 0.1) is 11.6 Å². The second kappa shape index (κ2) is 6.62. The molecule has 0 aliphatic heterocycles. The maximum Gasteiger partial charge on any atom is 0.126 e. The second-order valence-electron chi connectivity index (χ2n) is 5.14. The normalized spacial score (nSPS) is 14.0. The van der Waals surface area contributed by atoms with Gasteiger partial charge in [-0.2, -0.15) is 0 Å². The number of nitrogens with one attached hydrogen (secondary N) is 1. The zero-order valence-corrected chi connectivity index (χ0v) is 11.7. The van der Waals surface area contributed by atoms with Crippen molar-refractivity contribution < 1.29 is 8.78 Å². The minimum absolute atomic E-state index is 0.0208. The van der Waals surface area contributed by atoms with Gasteiger partial charge >= 0.3 is 0 Å². The number of hydrogen-bond donors (Lipinski definition) is 1. The molecule has 1 unspecified atom stereocenters. The molecule has 0 bridgehead atoms. The first kappa shape index (κ1) is 14.7. The fourth-order valence-electron chi connectivity index (χ4n) is 2.35. The molecule has 0 spiro atoms. The molecule has 0 aliphatic carbocycles. The first-order valence-corrected chi connectivity index (χ1v) is 6.81. The van der Waals surface area contributed by atoms with Crippen LogP contribution >= 0.6 is 0 Å². The van der Waals surface area contributed by atoms with Gasteiger partial charge in [0, 0.05) is 12.1 Å². The van der Waals surface area contributed by atoms with E-state index in [9.17, 15) is 8.78 Å². The summed E-state index contributed by atoms with van der Waals surface area (Å²) in [5.74, 6) is -0.419. The molecule has 2 aromatic rings. The lowest BCUT2D eigenvalue weighted by Crippen LogP contribution is -2.31. The van der Waals surface area contributed by atoms with Crippen LogP contribution < -0.4 is 5.32 Å². The van der Waals surface area contributed by atoms with Crippen LogP contribution in [0.4, 0.5) is 8.78 Å². The first-order chi connectivity index (χ1) is 9.56. The number of hydrogen-bond acceptors (Lipinski definition) is 1. The Balaban J connectivity index is 1.98. The van der Waals surface area contributed by atoms with E-state index in [0.717, 1.165) is 5.56 Å². The highest BCUT2D eigenvalue weighted by Crippen LogP contribution is 2.16. The maximum atomic E-state index is 13.6. The van der Waals surface area contributed by atoms with Gasteiger partial charge in [0.05, 0.1) is 0 Å². The predicted molar refractivity (Wildman–Crippen MR) is 77.5 cm³/mol. The Morgan fingerprint density at radius 3 is 2.45 bits per heavy atom. The molecule has 0 amide bonds. The molecule has 1 N–H and O–H groups in total. The number of halogens is 2. The van der Waals surface area contributed by atoms with Gasteiger partial charge in [0.1, 0.15) is 11.6 Å². The standard InChI is InChI=1S/C17H19F2N/c1-12(10-15-6-3-4-9-17(15)19)20-13(2)14-7-5-8-16(18)11-14/h3-9,11-13,20H,10H2,1-2H3/t12?,13-/m1/s1. The molecule has 0 radical (unpaired) electrons. The van der Waals surface area contributed by atoms with Crippen molar-refractivity contribution in [3.05, 3.63) is 71.3 Å². The Morgan fingerprint density at radius 2 is 1.75 bits per heavy atom. The van der Waals surface area contributed by atoms with E-state index >= 15 is 0 Å².